The van der Waals surface area contributed by atoms with E-state index in [1.807, 2.05) is 6.07 Å². The lowest BCUT2D eigenvalue weighted by Gasteiger charge is -2.26. The summed E-state index contributed by atoms with van der Waals surface area (Å²) in [6.07, 6.45) is 3.08. The molecule has 0 fully saturated rings. The van der Waals surface area contributed by atoms with Crippen molar-refractivity contribution in [1.82, 2.24) is 4.98 Å². The van der Waals surface area contributed by atoms with Gasteiger partial charge in [-0.15, -0.1) is 0 Å². The van der Waals surface area contributed by atoms with E-state index in [4.69, 9.17) is 14.4 Å². The lowest BCUT2D eigenvalue weighted by Crippen LogP contribution is -2.31. The molecule has 1 atom stereocenters. The molecule has 4 aromatic rings. The van der Waals surface area contributed by atoms with Gasteiger partial charge in [0.25, 0.3) is 5.91 Å². The van der Waals surface area contributed by atoms with Crippen molar-refractivity contribution in [3.05, 3.63) is 101 Å². The van der Waals surface area contributed by atoms with E-state index in [-0.39, 0.29) is 11.3 Å². The van der Waals surface area contributed by atoms with Crippen molar-refractivity contribution in [2.75, 3.05) is 12.0 Å². The largest absolute Gasteiger partial charge is 0.503 e. The quantitative estimate of drug-likeness (QED) is 0.444. The molecule has 1 aliphatic heterocycles. The van der Waals surface area contributed by atoms with Gasteiger partial charge in [0, 0.05) is 23.5 Å². The van der Waals surface area contributed by atoms with Gasteiger partial charge in [-0.2, -0.15) is 5.26 Å². The Morgan fingerprint density at radius 3 is 2.56 bits per heavy atom. The highest BCUT2D eigenvalue weighted by atomic mass is 16.5. The maximum absolute atomic E-state index is 13.6. The molecule has 2 aromatic carbocycles. The summed E-state index contributed by atoms with van der Waals surface area (Å²) in [7, 11) is 1.50. The molecule has 8 nitrogen and oxygen atoms in total. The molecule has 0 radical (unpaired) electrons. The Bertz CT molecular complexity index is 1500. The number of pyridine rings is 1. The molecular weight excluding hydrogens is 434 g/mol. The monoisotopic (exact) mass is 451 g/mol. The lowest BCUT2D eigenvalue weighted by atomic mass is 9.95. The SMILES string of the molecule is COc1cccc2cc(C(=O)C3=C(O)C(=O)N(c4ccc(C#N)cc4)C3c3ccncc3)oc12. The average molecular weight is 451 g/mol. The van der Waals surface area contributed by atoms with E-state index in [1.54, 1.807) is 73.1 Å². The fourth-order valence-corrected chi connectivity index (χ4v) is 4.10. The number of carbonyl (C=O) groups excluding carboxylic acids is 2. The van der Waals surface area contributed by atoms with Gasteiger partial charge in [0.1, 0.15) is 0 Å². The molecule has 166 valence electrons. The van der Waals surface area contributed by atoms with E-state index in [2.05, 4.69) is 4.98 Å². The number of aliphatic hydroxyl groups is 1. The molecule has 1 N–H and O–H groups in total. The zero-order valence-corrected chi connectivity index (χ0v) is 17.9. The first-order valence-electron chi connectivity index (χ1n) is 10.3. The average Bonchev–Trinajstić information content (AvgIpc) is 3.43. The molecule has 0 saturated heterocycles. The number of aromatic nitrogens is 1. The van der Waals surface area contributed by atoms with Gasteiger partial charge in [-0.25, -0.2) is 0 Å². The molecule has 0 bridgehead atoms. The molecule has 0 spiro atoms. The fourth-order valence-electron chi connectivity index (χ4n) is 4.10. The Morgan fingerprint density at radius 2 is 1.88 bits per heavy atom. The minimum absolute atomic E-state index is 0.0328. The Kier molecular flexibility index (Phi) is 5.07. The first kappa shape index (κ1) is 21.0. The third kappa shape index (κ3) is 3.27. The highest BCUT2D eigenvalue weighted by Gasteiger charge is 2.45. The topological polar surface area (TPSA) is 117 Å². The summed E-state index contributed by atoms with van der Waals surface area (Å²) >= 11 is 0. The Hall–Kier alpha value is -4.90. The molecule has 1 aliphatic rings. The smallest absolute Gasteiger partial charge is 0.294 e. The summed E-state index contributed by atoms with van der Waals surface area (Å²) in [4.78, 5) is 32.2. The summed E-state index contributed by atoms with van der Waals surface area (Å²) in [5.74, 6) is -1.59. The molecular formula is C26H17N3O5. The number of anilines is 1. The molecule has 1 unspecified atom stereocenters. The summed E-state index contributed by atoms with van der Waals surface area (Å²) in [6, 6.07) is 17.6. The second-order valence-electron chi connectivity index (χ2n) is 7.60. The number of methoxy groups -OCH3 is 1. The summed E-state index contributed by atoms with van der Waals surface area (Å²) in [6.45, 7) is 0. The van der Waals surface area contributed by atoms with Crippen LogP contribution in [0, 0.1) is 11.3 Å². The van der Waals surface area contributed by atoms with Crippen molar-refractivity contribution in [1.29, 1.82) is 5.26 Å². The third-order valence-electron chi connectivity index (χ3n) is 5.70. The zero-order chi connectivity index (χ0) is 23.8. The number of fused-ring (bicyclic) bond motifs is 1. The number of para-hydroxylation sites is 1. The van der Waals surface area contributed by atoms with Crippen LogP contribution in [0.1, 0.15) is 27.7 Å². The highest BCUT2D eigenvalue weighted by Crippen LogP contribution is 2.42. The van der Waals surface area contributed by atoms with Crippen LogP contribution in [0.15, 0.2) is 88.8 Å². The number of hydrogen-bond donors (Lipinski definition) is 1. The minimum Gasteiger partial charge on any atom is -0.503 e. The van der Waals surface area contributed by atoms with Gasteiger partial charge >= 0.3 is 0 Å². The van der Waals surface area contributed by atoms with Gasteiger partial charge in [0.2, 0.25) is 5.78 Å². The number of ether oxygens (including phenoxy) is 1. The number of amides is 1. The van der Waals surface area contributed by atoms with Crippen molar-refractivity contribution in [3.63, 3.8) is 0 Å². The molecule has 5 rings (SSSR count). The van der Waals surface area contributed by atoms with Crippen molar-refractivity contribution in [3.8, 4) is 11.8 Å². The first-order chi connectivity index (χ1) is 16.5. The normalized spacial score (nSPS) is 15.6. The second kappa shape index (κ2) is 8.22. The maximum atomic E-state index is 13.6. The third-order valence-corrected chi connectivity index (χ3v) is 5.70. The van der Waals surface area contributed by atoms with E-state index in [1.165, 1.54) is 12.0 Å². The number of hydrogen-bond acceptors (Lipinski definition) is 7. The van der Waals surface area contributed by atoms with Gasteiger partial charge in [-0.05, 0) is 54.1 Å². The van der Waals surface area contributed by atoms with Crippen LogP contribution < -0.4 is 9.64 Å². The van der Waals surface area contributed by atoms with Crippen molar-refractivity contribution >= 4 is 28.3 Å². The van der Waals surface area contributed by atoms with E-state index in [0.717, 1.165) is 0 Å². The Labute approximate surface area is 193 Å². The minimum atomic E-state index is -0.925. The zero-order valence-electron chi connectivity index (χ0n) is 17.9. The van der Waals surface area contributed by atoms with Crippen LogP contribution in [0.4, 0.5) is 5.69 Å². The van der Waals surface area contributed by atoms with Crippen LogP contribution in [0.5, 0.6) is 5.75 Å². The number of furan rings is 1. The van der Waals surface area contributed by atoms with Crippen molar-refractivity contribution in [2.45, 2.75) is 6.04 Å². The predicted octanol–water partition coefficient (Wildman–Crippen LogP) is 4.49. The van der Waals surface area contributed by atoms with Crippen molar-refractivity contribution < 1.29 is 23.8 Å². The number of aliphatic hydroxyl groups excluding tert-OH is 1. The number of rotatable bonds is 5. The van der Waals surface area contributed by atoms with Gasteiger partial charge in [-0.1, -0.05) is 12.1 Å². The van der Waals surface area contributed by atoms with Crippen LogP contribution in [0.2, 0.25) is 0 Å². The fraction of sp³-hybridized carbons (Fsp3) is 0.0769. The molecule has 1 amide bonds. The first-order valence-corrected chi connectivity index (χ1v) is 10.3. The van der Waals surface area contributed by atoms with Crippen molar-refractivity contribution in [2.24, 2.45) is 0 Å². The highest BCUT2D eigenvalue weighted by molar-refractivity contribution is 6.20. The van der Waals surface area contributed by atoms with Crippen LogP contribution in [0.3, 0.4) is 0 Å². The standard InChI is InChI=1S/C26H17N3O5/c1-33-19-4-2-3-17-13-20(34-25(17)19)23(30)21-22(16-9-11-28-12-10-16)29(26(32)24(21)31)18-7-5-15(14-27)6-8-18/h2-13,22,31H,1H3. The van der Waals surface area contributed by atoms with Crippen LogP contribution in [-0.2, 0) is 4.79 Å². The van der Waals surface area contributed by atoms with Crippen LogP contribution >= 0.6 is 0 Å². The molecule has 0 saturated carbocycles. The summed E-state index contributed by atoms with van der Waals surface area (Å²) in [5.41, 5.74) is 1.70. The number of nitriles is 1. The number of carbonyl (C=O) groups is 2. The van der Waals surface area contributed by atoms with Gasteiger partial charge in [0.05, 0.1) is 30.4 Å². The molecule has 8 heteroatoms. The summed E-state index contributed by atoms with van der Waals surface area (Å²) in [5, 5.41) is 20.6. The van der Waals surface area contributed by atoms with Crippen LogP contribution in [-0.4, -0.2) is 28.9 Å². The second-order valence-corrected chi connectivity index (χ2v) is 7.60. The lowest BCUT2D eigenvalue weighted by molar-refractivity contribution is -0.117. The van der Waals surface area contributed by atoms with E-state index >= 15 is 0 Å². The van der Waals surface area contributed by atoms with Crippen LogP contribution in [0.25, 0.3) is 11.0 Å². The maximum Gasteiger partial charge on any atom is 0.294 e. The molecule has 3 heterocycles. The number of Topliss-reactive ketones (excluding diaryl/α,β-unsaturated/α-hetero) is 1. The van der Waals surface area contributed by atoms with Gasteiger partial charge < -0.3 is 14.3 Å². The Balaban J connectivity index is 1.64. The van der Waals surface area contributed by atoms with E-state index < -0.39 is 23.5 Å². The van der Waals surface area contributed by atoms with Gasteiger partial charge in [-0.3, -0.25) is 19.5 Å². The number of ketones is 1. The van der Waals surface area contributed by atoms with E-state index in [0.29, 0.717) is 33.5 Å². The van der Waals surface area contributed by atoms with E-state index in [9.17, 15) is 14.7 Å². The Morgan fingerprint density at radius 1 is 1.15 bits per heavy atom. The molecule has 0 aliphatic carbocycles. The van der Waals surface area contributed by atoms with Gasteiger partial charge in [0.15, 0.2) is 22.9 Å². The number of nitrogens with zero attached hydrogens (tertiary/aromatic N) is 3. The number of benzene rings is 2. The summed E-state index contributed by atoms with van der Waals surface area (Å²) < 4.78 is 11.1. The predicted molar refractivity (Wildman–Crippen MR) is 122 cm³/mol. The molecule has 34 heavy (non-hydrogen) atoms. The molecule has 2 aromatic heterocycles.